The lowest BCUT2D eigenvalue weighted by Crippen LogP contribution is -2.47. The highest BCUT2D eigenvalue weighted by molar-refractivity contribution is 7.23. The average molecular weight is 545 g/mol. The van der Waals surface area contributed by atoms with E-state index in [1.54, 1.807) is 11.9 Å². The molecule has 1 atom stereocenters. The highest BCUT2D eigenvalue weighted by atomic mass is 32.1. The number of rotatable bonds is 4. The SMILES string of the molecule is CN1CCC(F)(F)C(COc2ncc3c4c(c(-c5ncc(F)c6sc(N)c(C#N)c56)c(F)c3n2)COC4)C1. The van der Waals surface area contributed by atoms with Gasteiger partial charge in [0.25, 0.3) is 5.92 Å². The van der Waals surface area contributed by atoms with Crippen LogP contribution in [0.3, 0.4) is 0 Å². The summed E-state index contributed by atoms with van der Waals surface area (Å²) in [5, 5.41) is 10.2. The molecule has 0 aliphatic carbocycles. The van der Waals surface area contributed by atoms with Gasteiger partial charge in [0.1, 0.15) is 23.2 Å². The van der Waals surface area contributed by atoms with E-state index in [9.17, 15) is 18.4 Å². The fourth-order valence-corrected chi connectivity index (χ4v) is 6.02. The molecule has 1 saturated heterocycles. The normalized spacial score (nSPS) is 19.1. The number of ether oxygens (including phenoxy) is 2. The van der Waals surface area contributed by atoms with Gasteiger partial charge in [-0.25, -0.2) is 22.5 Å². The van der Waals surface area contributed by atoms with Crippen molar-refractivity contribution in [1.29, 1.82) is 5.26 Å². The summed E-state index contributed by atoms with van der Waals surface area (Å²) in [5.74, 6) is -5.45. The largest absolute Gasteiger partial charge is 0.463 e. The van der Waals surface area contributed by atoms with Gasteiger partial charge in [-0.3, -0.25) is 4.98 Å². The number of nitrogens with zero attached hydrogens (tertiary/aromatic N) is 5. The number of alkyl halides is 2. The van der Waals surface area contributed by atoms with E-state index in [0.29, 0.717) is 16.5 Å². The molecule has 2 aliphatic rings. The molecule has 2 aliphatic heterocycles. The molecule has 1 fully saturated rings. The minimum atomic E-state index is -2.90. The summed E-state index contributed by atoms with van der Waals surface area (Å²) in [4.78, 5) is 14.3. The van der Waals surface area contributed by atoms with Crippen LogP contribution in [0.5, 0.6) is 6.01 Å². The first-order valence-electron chi connectivity index (χ1n) is 11.7. The fourth-order valence-electron chi connectivity index (χ4n) is 5.10. The number of fused-ring (bicyclic) bond motifs is 4. The maximum atomic E-state index is 16.3. The van der Waals surface area contributed by atoms with Crippen molar-refractivity contribution >= 4 is 37.3 Å². The van der Waals surface area contributed by atoms with E-state index in [4.69, 9.17) is 15.2 Å². The lowest BCUT2D eigenvalue weighted by molar-refractivity contribution is -0.113. The summed E-state index contributed by atoms with van der Waals surface area (Å²) in [6, 6.07) is 1.71. The topological polar surface area (TPSA) is 110 Å². The number of anilines is 1. The molecule has 3 aromatic heterocycles. The number of halogens is 4. The van der Waals surface area contributed by atoms with Crippen molar-refractivity contribution in [3.05, 3.63) is 40.7 Å². The van der Waals surface area contributed by atoms with Crippen molar-refractivity contribution in [2.75, 3.05) is 32.5 Å². The van der Waals surface area contributed by atoms with Gasteiger partial charge in [0, 0.05) is 42.0 Å². The van der Waals surface area contributed by atoms with E-state index in [2.05, 4.69) is 15.0 Å². The number of aromatic nitrogens is 3. The maximum absolute atomic E-state index is 16.3. The zero-order valence-electron chi connectivity index (χ0n) is 20.0. The summed E-state index contributed by atoms with van der Waals surface area (Å²) in [6.07, 6.45) is 2.05. The molecule has 5 heterocycles. The summed E-state index contributed by atoms with van der Waals surface area (Å²) in [5.41, 5.74) is 6.98. The number of hydrogen-bond acceptors (Lipinski definition) is 9. The molecule has 38 heavy (non-hydrogen) atoms. The highest BCUT2D eigenvalue weighted by Gasteiger charge is 2.43. The zero-order valence-corrected chi connectivity index (χ0v) is 20.8. The molecule has 0 amide bonds. The van der Waals surface area contributed by atoms with Crippen LogP contribution in [0.2, 0.25) is 0 Å². The summed E-state index contributed by atoms with van der Waals surface area (Å²) in [7, 11) is 1.76. The van der Waals surface area contributed by atoms with Crippen LogP contribution in [0.25, 0.3) is 32.2 Å². The quantitative estimate of drug-likeness (QED) is 0.370. The van der Waals surface area contributed by atoms with Crippen molar-refractivity contribution in [3.8, 4) is 23.3 Å². The van der Waals surface area contributed by atoms with Crippen molar-refractivity contribution in [2.24, 2.45) is 5.92 Å². The van der Waals surface area contributed by atoms with Gasteiger partial charge in [-0.15, -0.1) is 11.3 Å². The van der Waals surface area contributed by atoms with Gasteiger partial charge in [0.2, 0.25) is 0 Å². The molecule has 4 aromatic rings. The minimum absolute atomic E-state index is 0.00394. The number of nitrogen functional groups attached to an aromatic ring is 1. The Morgan fingerprint density at radius 2 is 2.05 bits per heavy atom. The van der Waals surface area contributed by atoms with Crippen LogP contribution in [0.1, 0.15) is 23.1 Å². The Morgan fingerprint density at radius 3 is 2.84 bits per heavy atom. The van der Waals surface area contributed by atoms with Crippen molar-refractivity contribution < 1.29 is 27.0 Å². The highest BCUT2D eigenvalue weighted by Crippen LogP contribution is 2.45. The number of piperidine rings is 1. The monoisotopic (exact) mass is 544 g/mol. The minimum Gasteiger partial charge on any atom is -0.463 e. The van der Waals surface area contributed by atoms with Gasteiger partial charge in [-0.1, -0.05) is 0 Å². The first-order valence-corrected chi connectivity index (χ1v) is 12.5. The van der Waals surface area contributed by atoms with Gasteiger partial charge in [0.15, 0.2) is 11.6 Å². The van der Waals surface area contributed by atoms with E-state index >= 15 is 4.39 Å². The molecular weight excluding hydrogens is 524 g/mol. The summed E-state index contributed by atoms with van der Waals surface area (Å²) >= 11 is 0.880. The lowest BCUT2D eigenvalue weighted by Gasteiger charge is -2.36. The Labute approximate surface area is 217 Å². The van der Waals surface area contributed by atoms with Gasteiger partial charge in [-0.2, -0.15) is 10.2 Å². The third-order valence-corrected chi connectivity index (χ3v) is 8.12. The average Bonchev–Trinajstić information content (AvgIpc) is 3.51. The number of hydrogen-bond donors (Lipinski definition) is 1. The molecule has 8 nitrogen and oxygen atoms in total. The first kappa shape index (κ1) is 24.7. The molecule has 0 saturated carbocycles. The number of pyridine rings is 1. The van der Waals surface area contributed by atoms with Crippen LogP contribution in [-0.2, 0) is 18.0 Å². The molecule has 0 radical (unpaired) electrons. The first-order chi connectivity index (χ1) is 18.2. The molecule has 196 valence electrons. The van der Waals surface area contributed by atoms with Crippen molar-refractivity contribution in [3.63, 3.8) is 0 Å². The number of benzene rings is 1. The third-order valence-electron chi connectivity index (χ3n) is 7.09. The maximum Gasteiger partial charge on any atom is 0.317 e. The molecule has 1 aromatic carbocycles. The van der Waals surface area contributed by atoms with E-state index in [-0.39, 0.29) is 82.8 Å². The molecule has 13 heteroatoms. The predicted octanol–water partition coefficient (Wildman–Crippen LogP) is 4.63. The van der Waals surface area contributed by atoms with E-state index in [0.717, 1.165) is 17.5 Å². The van der Waals surface area contributed by atoms with Crippen LogP contribution in [-0.4, -0.2) is 52.5 Å². The molecule has 1 unspecified atom stereocenters. The molecule has 2 N–H and O–H groups in total. The standard InChI is InChI=1S/C25H20F4N6O2S/c1-35-3-2-25(28,29)11(7-35)8-37-24-33-5-13-14-9-36-10-15(14)17(19(27)20(13)34-24)21-18-12(4-30)23(31)38-22(18)16(26)6-32-21/h5-6,11H,2-3,7-10,31H2,1H3. The van der Waals surface area contributed by atoms with E-state index < -0.39 is 23.5 Å². The van der Waals surface area contributed by atoms with Crippen LogP contribution >= 0.6 is 11.3 Å². The predicted molar refractivity (Wildman–Crippen MR) is 132 cm³/mol. The molecule has 6 rings (SSSR count). The molecule has 0 spiro atoms. The Kier molecular flexibility index (Phi) is 5.86. The summed E-state index contributed by atoms with van der Waals surface area (Å²) < 4.78 is 70.8. The zero-order chi connectivity index (χ0) is 26.8. The molecular formula is C25H20F4N6O2S. The van der Waals surface area contributed by atoms with E-state index in [1.807, 2.05) is 6.07 Å². The lowest BCUT2D eigenvalue weighted by atomic mass is 9.94. The fraction of sp³-hybridized carbons (Fsp3) is 0.360. The van der Waals surface area contributed by atoms with E-state index in [1.165, 1.54) is 6.20 Å². The Morgan fingerprint density at radius 1 is 1.26 bits per heavy atom. The van der Waals surface area contributed by atoms with Gasteiger partial charge in [-0.05, 0) is 18.2 Å². The van der Waals surface area contributed by atoms with Crippen LogP contribution in [0, 0.1) is 28.9 Å². The number of thiophene rings is 1. The second kappa shape index (κ2) is 9.00. The molecule has 0 bridgehead atoms. The van der Waals surface area contributed by atoms with Crippen LogP contribution in [0.15, 0.2) is 12.4 Å². The Bertz CT molecular complexity index is 1650. The summed E-state index contributed by atoms with van der Waals surface area (Å²) in [6.45, 7) is 0.282. The number of nitriles is 1. The van der Waals surface area contributed by atoms with Gasteiger partial charge in [0.05, 0.1) is 41.3 Å². The second-order valence-electron chi connectivity index (χ2n) is 9.45. The van der Waals surface area contributed by atoms with Gasteiger partial charge >= 0.3 is 6.01 Å². The number of nitrogens with two attached hydrogens (primary N) is 1. The Balaban J connectivity index is 1.48. The van der Waals surface area contributed by atoms with Crippen LogP contribution < -0.4 is 10.5 Å². The number of likely N-dealkylation sites (tertiary alicyclic amines) is 1. The van der Waals surface area contributed by atoms with Crippen molar-refractivity contribution in [1.82, 2.24) is 19.9 Å². The van der Waals surface area contributed by atoms with Crippen LogP contribution in [0.4, 0.5) is 22.6 Å². The second-order valence-corrected chi connectivity index (χ2v) is 10.5. The third kappa shape index (κ3) is 3.82. The van der Waals surface area contributed by atoms with Gasteiger partial charge < -0.3 is 20.1 Å². The Hall–Kier alpha value is -3.60. The van der Waals surface area contributed by atoms with Crippen molar-refractivity contribution in [2.45, 2.75) is 25.6 Å². The smallest absolute Gasteiger partial charge is 0.317 e.